The van der Waals surface area contributed by atoms with Crippen molar-refractivity contribution < 1.29 is 13.2 Å². The van der Waals surface area contributed by atoms with E-state index in [1.807, 2.05) is 4.90 Å². The molecule has 1 atom stereocenters. The van der Waals surface area contributed by atoms with Gasteiger partial charge in [0.05, 0.1) is 0 Å². The predicted molar refractivity (Wildman–Crippen MR) is 70.6 cm³/mol. The second-order valence-corrected chi connectivity index (χ2v) is 4.93. The Hall–Kier alpha value is -1.37. The van der Waals surface area contributed by atoms with Crippen LogP contribution in [-0.2, 0) is 6.18 Å². The van der Waals surface area contributed by atoms with Gasteiger partial charge in [0.15, 0.2) is 0 Å². The smallest absolute Gasteiger partial charge is 0.337 e. The van der Waals surface area contributed by atoms with Crippen LogP contribution >= 0.6 is 0 Å². The monoisotopic (exact) mass is 288 g/mol. The maximum absolute atomic E-state index is 12.7. The predicted octanol–water partition coefficient (Wildman–Crippen LogP) is 2.46. The van der Waals surface area contributed by atoms with E-state index in [0.29, 0.717) is 6.54 Å². The van der Waals surface area contributed by atoms with Gasteiger partial charge in [0.1, 0.15) is 5.69 Å². The number of nitrogens with one attached hydrogen (secondary N) is 1. The van der Waals surface area contributed by atoms with Crippen LogP contribution in [-0.4, -0.2) is 35.6 Å². The van der Waals surface area contributed by atoms with Gasteiger partial charge in [-0.05, 0) is 31.9 Å². The molecule has 1 aliphatic heterocycles. The third-order valence-electron chi connectivity index (χ3n) is 3.37. The first kappa shape index (κ1) is 15.0. The number of nitrogens with zero attached hydrogens (tertiary/aromatic N) is 3. The van der Waals surface area contributed by atoms with Crippen molar-refractivity contribution in [2.75, 3.05) is 24.5 Å². The van der Waals surface area contributed by atoms with Gasteiger partial charge in [0.25, 0.3) is 0 Å². The van der Waals surface area contributed by atoms with Gasteiger partial charge in [0, 0.05) is 25.3 Å². The standard InChI is InChI=1S/C13H19F3N4/c1-2-6-17-9-10-4-3-8-20(10)12-18-7-5-11(19-12)13(14,15)16/h5,7,10,17H,2-4,6,8-9H2,1H3. The van der Waals surface area contributed by atoms with Crippen LogP contribution in [0, 0.1) is 0 Å². The van der Waals surface area contributed by atoms with Crippen LogP contribution in [0.5, 0.6) is 0 Å². The first-order valence-electron chi connectivity index (χ1n) is 6.90. The summed E-state index contributed by atoms with van der Waals surface area (Å²) in [6, 6.07) is 1.08. The summed E-state index contributed by atoms with van der Waals surface area (Å²) in [4.78, 5) is 9.54. The molecule has 0 spiro atoms. The van der Waals surface area contributed by atoms with Gasteiger partial charge in [-0.15, -0.1) is 0 Å². The Labute approximate surface area is 116 Å². The van der Waals surface area contributed by atoms with Crippen molar-refractivity contribution in [2.24, 2.45) is 0 Å². The molecule has 1 aliphatic rings. The van der Waals surface area contributed by atoms with Crippen molar-refractivity contribution in [2.45, 2.75) is 38.4 Å². The minimum Gasteiger partial charge on any atom is -0.337 e. The third kappa shape index (κ3) is 3.59. The summed E-state index contributed by atoms with van der Waals surface area (Å²) >= 11 is 0. The molecule has 2 heterocycles. The van der Waals surface area contributed by atoms with Gasteiger partial charge in [-0.1, -0.05) is 6.92 Å². The highest BCUT2D eigenvalue weighted by atomic mass is 19.4. The van der Waals surface area contributed by atoms with Gasteiger partial charge >= 0.3 is 6.18 Å². The van der Waals surface area contributed by atoms with Crippen molar-refractivity contribution >= 4 is 5.95 Å². The summed E-state index contributed by atoms with van der Waals surface area (Å²) in [6.45, 7) is 4.45. The first-order chi connectivity index (χ1) is 9.52. The maximum Gasteiger partial charge on any atom is 0.433 e. The molecule has 0 aromatic carbocycles. The van der Waals surface area contributed by atoms with Crippen LogP contribution in [0.25, 0.3) is 0 Å². The quantitative estimate of drug-likeness (QED) is 0.845. The number of hydrogen-bond acceptors (Lipinski definition) is 4. The third-order valence-corrected chi connectivity index (χ3v) is 3.37. The van der Waals surface area contributed by atoms with E-state index in [-0.39, 0.29) is 12.0 Å². The number of aromatic nitrogens is 2. The highest BCUT2D eigenvalue weighted by molar-refractivity contribution is 5.34. The average molecular weight is 288 g/mol. The molecule has 0 radical (unpaired) electrons. The lowest BCUT2D eigenvalue weighted by atomic mass is 10.2. The molecular weight excluding hydrogens is 269 g/mol. The summed E-state index contributed by atoms with van der Waals surface area (Å²) in [5.74, 6) is 0.181. The van der Waals surface area contributed by atoms with E-state index < -0.39 is 11.9 Å². The molecular formula is C13H19F3N4. The minimum absolute atomic E-state index is 0.171. The molecule has 1 aromatic rings. The lowest BCUT2D eigenvalue weighted by Gasteiger charge is -2.25. The molecule has 4 nitrogen and oxygen atoms in total. The zero-order valence-corrected chi connectivity index (χ0v) is 11.5. The number of rotatable bonds is 5. The number of hydrogen-bond donors (Lipinski definition) is 1. The van der Waals surface area contributed by atoms with Crippen molar-refractivity contribution in [3.05, 3.63) is 18.0 Å². The Morgan fingerprint density at radius 2 is 2.25 bits per heavy atom. The molecule has 2 rings (SSSR count). The van der Waals surface area contributed by atoms with Crippen LogP contribution in [0.15, 0.2) is 12.3 Å². The van der Waals surface area contributed by atoms with Crippen LogP contribution < -0.4 is 10.2 Å². The van der Waals surface area contributed by atoms with Crippen LogP contribution in [0.2, 0.25) is 0 Å². The average Bonchev–Trinajstić information content (AvgIpc) is 2.87. The summed E-state index contributed by atoms with van der Waals surface area (Å²) in [5, 5.41) is 3.30. The topological polar surface area (TPSA) is 41.0 Å². The van der Waals surface area contributed by atoms with E-state index in [4.69, 9.17) is 0 Å². The Kier molecular flexibility index (Phi) is 4.80. The summed E-state index contributed by atoms with van der Waals surface area (Å²) in [7, 11) is 0. The normalized spacial score (nSPS) is 19.6. The summed E-state index contributed by atoms with van der Waals surface area (Å²) in [6.07, 6.45) is -0.297. The molecule has 1 saturated heterocycles. The Balaban J connectivity index is 2.09. The molecule has 20 heavy (non-hydrogen) atoms. The second-order valence-electron chi connectivity index (χ2n) is 4.93. The van der Waals surface area contributed by atoms with Gasteiger partial charge in [-0.2, -0.15) is 13.2 Å². The van der Waals surface area contributed by atoms with E-state index in [1.54, 1.807) is 0 Å². The fourth-order valence-electron chi connectivity index (χ4n) is 2.40. The zero-order valence-electron chi connectivity index (χ0n) is 11.5. The van der Waals surface area contributed by atoms with Crippen LogP contribution in [0.4, 0.5) is 19.1 Å². The van der Waals surface area contributed by atoms with Crippen molar-refractivity contribution in [1.82, 2.24) is 15.3 Å². The molecule has 7 heteroatoms. The van der Waals surface area contributed by atoms with E-state index in [0.717, 1.165) is 38.4 Å². The largest absolute Gasteiger partial charge is 0.433 e. The molecule has 0 bridgehead atoms. The summed E-state index contributed by atoms with van der Waals surface area (Å²) < 4.78 is 38.0. The van der Waals surface area contributed by atoms with E-state index >= 15 is 0 Å². The van der Waals surface area contributed by atoms with Gasteiger partial charge in [-0.25, -0.2) is 9.97 Å². The van der Waals surface area contributed by atoms with E-state index in [1.165, 1.54) is 6.20 Å². The van der Waals surface area contributed by atoms with Gasteiger partial charge in [0.2, 0.25) is 5.95 Å². The van der Waals surface area contributed by atoms with E-state index in [2.05, 4.69) is 22.2 Å². The summed E-state index contributed by atoms with van der Waals surface area (Å²) in [5.41, 5.74) is -0.880. The zero-order chi connectivity index (χ0) is 14.6. The Morgan fingerprint density at radius 3 is 2.95 bits per heavy atom. The number of anilines is 1. The van der Waals surface area contributed by atoms with Gasteiger partial charge in [-0.3, -0.25) is 0 Å². The lowest BCUT2D eigenvalue weighted by molar-refractivity contribution is -0.141. The van der Waals surface area contributed by atoms with E-state index in [9.17, 15) is 13.2 Å². The lowest BCUT2D eigenvalue weighted by Crippen LogP contribution is -2.39. The maximum atomic E-state index is 12.7. The number of halogens is 3. The molecule has 0 aliphatic carbocycles. The number of alkyl halides is 3. The van der Waals surface area contributed by atoms with Crippen molar-refractivity contribution in [3.8, 4) is 0 Å². The Bertz CT molecular complexity index is 436. The first-order valence-corrected chi connectivity index (χ1v) is 6.90. The van der Waals surface area contributed by atoms with Crippen LogP contribution in [0.3, 0.4) is 0 Å². The van der Waals surface area contributed by atoms with Crippen molar-refractivity contribution in [3.63, 3.8) is 0 Å². The van der Waals surface area contributed by atoms with Crippen LogP contribution in [0.1, 0.15) is 31.9 Å². The highest BCUT2D eigenvalue weighted by Crippen LogP contribution is 2.29. The molecule has 0 amide bonds. The molecule has 0 saturated carbocycles. The van der Waals surface area contributed by atoms with Crippen molar-refractivity contribution in [1.29, 1.82) is 0 Å². The Morgan fingerprint density at radius 1 is 1.45 bits per heavy atom. The molecule has 1 aromatic heterocycles. The molecule has 1 N–H and O–H groups in total. The fraction of sp³-hybridized carbons (Fsp3) is 0.692. The molecule has 1 unspecified atom stereocenters. The van der Waals surface area contributed by atoms with Gasteiger partial charge < -0.3 is 10.2 Å². The molecule has 1 fully saturated rings. The second kappa shape index (κ2) is 6.39. The fourth-order valence-corrected chi connectivity index (χ4v) is 2.40. The molecule has 112 valence electrons. The SMILES string of the molecule is CCCNCC1CCCN1c1nccc(C(F)(F)F)n1. The minimum atomic E-state index is -4.42. The highest BCUT2D eigenvalue weighted by Gasteiger charge is 2.34.